The number of aliphatic carboxylic acids is 3. The first-order valence-corrected chi connectivity index (χ1v) is 49.1. The normalized spacial score (nSPS) is 22.1. The number of imide groups is 3. The van der Waals surface area contributed by atoms with Crippen LogP contribution in [0.25, 0.3) is 0 Å². The van der Waals surface area contributed by atoms with Gasteiger partial charge in [0, 0.05) is 130 Å². The van der Waals surface area contributed by atoms with Gasteiger partial charge < -0.3 is 129 Å². The van der Waals surface area contributed by atoms with E-state index in [0.29, 0.717) is 113 Å². The summed E-state index contributed by atoms with van der Waals surface area (Å²) >= 11 is -1.50. The van der Waals surface area contributed by atoms with Gasteiger partial charge in [-0.15, -0.1) is 0 Å². The molecule has 50 nitrogen and oxygen atoms in total. The highest BCUT2D eigenvalue weighted by molar-refractivity contribution is 7.52. The van der Waals surface area contributed by atoms with Gasteiger partial charge in [0.25, 0.3) is 35.4 Å². The number of carbonyl (C=O) groups is 17. The summed E-state index contributed by atoms with van der Waals surface area (Å²) in [5.74, 6) is -10.0. The van der Waals surface area contributed by atoms with Crippen LogP contribution in [-0.2, 0) is 159 Å². The molecule has 3 aromatic rings. The molecule has 0 spiro atoms. The van der Waals surface area contributed by atoms with Crippen molar-refractivity contribution in [1.82, 2.24) is 30.7 Å². The first-order valence-electron chi connectivity index (χ1n) is 47.7. The van der Waals surface area contributed by atoms with Gasteiger partial charge in [0.05, 0.1) is 29.5 Å². The molecule has 6 heterocycles. The average molecular weight is 2160 g/mol. The van der Waals surface area contributed by atoms with Crippen molar-refractivity contribution in [2.75, 3.05) is 52.5 Å². The Morgan fingerprint density at radius 3 is 0.993 bits per heavy atom. The fourth-order valence-electron chi connectivity index (χ4n) is 14.4. The Morgan fingerprint density at radius 2 is 0.667 bits per heavy atom. The number of ketones is 2. The Labute approximate surface area is 868 Å². The van der Waals surface area contributed by atoms with Crippen LogP contribution in [0.4, 0.5) is 0 Å². The number of carboxylic acids is 3. The summed E-state index contributed by atoms with van der Waals surface area (Å²) in [6, 6.07) is 13.5. The highest BCUT2D eigenvalue weighted by Gasteiger charge is 2.51. The number of ether oxygens (including phenoxy) is 11. The van der Waals surface area contributed by atoms with Crippen LogP contribution in [0.3, 0.4) is 0 Å². The lowest BCUT2D eigenvalue weighted by molar-refractivity contribution is -0.271. The van der Waals surface area contributed by atoms with Crippen molar-refractivity contribution >= 4 is 124 Å². The molecule has 52 heteroatoms. The number of rotatable bonds is 50. The maximum Gasteiger partial charge on any atom is 0.335 e. The van der Waals surface area contributed by atoms with Crippen molar-refractivity contribution in [3.63, 3.8) is 0 Å². The number of aliphatic hydroxyl groups excluding tert-OH is 9. The Morgan fingerprint density at radius 1 is 0.367 bits per heavy atom. The monoisotopic (exact) mass is 2160 g/mol. The largest absolute Gasteiger partial charge is 0.493 e. The molecule has 0 radical (unpaired) electrons. The maximum atomic E-state index is 12.6. The predicted molar refractivity (Wildman–Crippen MR) is 514 cm³/mol. The van der Waals surface area contributed by atoms with Crippen molar-refractivity contribution in [2.45, 2.75) is 284 Å². The number of nitrogens with one attached hydrogen (secondary N) is 3. The van der Waals surface area contributed by atoms with Gasteiger partial charge in [-0.3, -0.25) is 81.8 Å². The standard InChI is InChI=1S/C36H50N2O13.C35H48N2O14.C27H34N2O13.2O2S/c1-21(18-24(39)11-6-5-9-17-38-26(40)14-15-27(38)41)32(45)37-16-8-7-10-22-19-25(13-12-23(22)20-49-35(48)36(2,3)4)50-34-30(44)28(42)29(43)31(51-34)33(46)47;1-20(17-22(38)9-6-5-7-15-37-25(39)12-13-26(37)40)31(44)36-14-8-16-48-24-18-23(11-10-21(24)19-49-34(47)35(2,3)4)50-33-29(43)27(41)28(42)30(51-33)32(45)46;1-27(2,3)26(38)40-13-14-5-6-15(41-25-22(35)20(33)21(34)23(42-25)24(36)37)11-16(14)39-10-4-9-28-17(30)12-29-18(31)7-8-19(29)32;2*1-3-2/h12-15,19,21,28-31,34,42-44H,5-11,16-18,20H2,1-4H3,(H,37,45)(H,46,47);10-13,18,20,27-30,33,41-43H,5-9,14-17,19H2,1-4H3,(H,36,44)(H,45,46);5-8,11,20-23,25,33-35H,4,9-10,12-13H2,1-3H3,(H,28,30)(H,36,37);;/t21-,28+,29+,30-,31+,34-;20-,27+,28+,29-,30+,33-;20-,21-,22+,23-,25+;;/m110../s1. The Kier molecular flexibility index (Phi) is 52.7. The molecule has 830 valence electrons. The highest BCUT2D eigenvalue weighted by atomic mass is 32.1. The zero-order valence-corrected chi connectivity index (χ0v) is 86.1. The number of benzene rings is 3. The number of Topliss-reactive ketones (excluding diaryl/α,β-unsaturated/α-hetero) is 2. The summed E-state index contributed by atoms with van der Waals surface area (Å²) in [5, 5.41) is 127. The van der Waals surface area contributed by atoms with Gasteiger partial charge in [0.2, 0.25) is 36.6 Å². The van der Waals surface area contributed by atoms with E-state index < -0.39 is 203 Å². The van der Waals surface area contributed by atoms with Crippen LogP contribution in [0.1, 0.15) is 188 Å². The number of hydrogen-bond acceptors (Lipinski definition) is 41. The third-order valence-corrected chi connectivity index (χ3v) is 23.0. The number of unbranched alkanes of at least 4 members (excludes halogenated alkanes) is 5. The summed E-state index contributed by atoms with van der Waals surface area (Å²) in [5.41, 5.74) is 0.0390. The number of aliphatic hydroxyl groups is 9. The van der Waals surface area contributed by atoms with E-state index in [9.17, 15) is 143 Å². The molecule has 3 aromatic carbocycles. The second-order valence-electron chi connectivity index (χ2n) is 38.3. The molecule has 6 aliphatic rings. The minimum Gasteiger partial charge on any atom is -0.493 e. The van der Waals surface area contributed by atoms with E-state index in [1.165, 1.54) is 71.7 Å². The minimum atomic E-state index is -1.89. The first kappa shape index (κ1) is 127. The third kappa shape index (κ3) is 41.4. The molecule has 3 saturated heterocycles. The lowest BCUT2D eigenvalue weighted by atomic mass is 9.97. The lowest BCUT2D eigenvalue weighted by Gasteiger charge is -2.38. The maximum absolute atomic E-state index is 12.6. The average Bonchev–Trinajstić information content (AvgIpc) is 0.944. The zero-order chi connectivity index (χ0) is 112. The topological polar surface area (TPSA) is 749 Å². The summed E-state index contributed by atoms with van der Waals surface area (Å²) in [6.07, 6.45) is -13.0. The summed E-state index contributed by atoms with van der Waals surface area (Å²) in [7, 11) is 0. The molecule has 9 rings (SSSR count). The number of carbonyl (C=O) groups excluding carboxylic acids is 14. The van der Waals surface area contributed by atoms with Gasteiger partial charge in [0.1, 0.15) is 122 Å². The fourth-order valence-corrected chi connectivity index (χ4v) is 14.4. The summed E-state index contributed by atoms with van der Waals surface area (Å²) < 4.78 is 93.7. The van der Waals surface area contributed by atoms with Crippen LogP contribution in [0.5, 0.6) is 28.7 Å². The zero-order valence-electron chi connectivity index (χ0n) is 84.4. The molecule has 0 aliphatic carbocycles. The summed E-state index contributed by atoms with van der Waals surface area (Å²) in [6.45, 7) is 19.4. The smallest absolute Gasteiger partial charge is 0.335 e. The molecule has 0 saturated carbocycles. The van der Waals surface area contributed by atoms with Crippen LogP contribution in [0, 0.1) is 28.1 Å². The molecule has 15 N–H and O–H groups in total. The van der Waals surface area contributed by atoms with Crippen LogP contribution in [0.15, 0.2) is 91.1 Å². The van der Waals surface area contributed by atoms with E-state index in [1.54, 1.807) is 88.3 Å². The van der Waals surface area contributed by atoms with Crippen molar-refractivity contribution in [1.29, 1.82) is 0 Å². The van der Waals surface area contributed by atoms with E-state index in [0.717, 1.165) is 27.5 Å². The van der Waals surface area contributed by atoms with Gasteiger partial charge in [-0.25, -0.2) is 14.4 Å². The number of amides is 9. The molecule has 17 atom stereocenters. The number of carboxylic acid groups (broad SMARTS) is 3. The molecule has 0 aromatic heterocycles. The minimum absolute atomic E-state index is 0.0299. The molecule has 0 unspecified atom stereocenters. The second kappa shape index (κ2) is 62.0. The molecule has 3 fully saturated rings. The molecule has 6 aliphatic heterocycles. The van der Waals surface area contributed by atoms with Crippen LogP contribution < -0.4 is 39.6 Å². The first-order chi connectivity index (χ1) is 70.5. The van der Waals surface area contributed by atoms with Crippen molar-refractivity contribution in [2.24, 2.45) is 28.1 Å². The van der Waals surface area contributed by atoms with Crippen molar-refractivity contribution in [3.05, 3.63) is 113 Å². The number of aryl methyl sites for hydroxylation is 1. The fraction of sp³-hybridized carbons (Fsp3) is 0.582. The van der Waals surface area contributed by atoms with Gasteiger partial charge in [-0.05, 0) is 168 Å². The molecule has 150 heavy (non-hydrogen) atoms. The van der Waals surface area contributed by atoms with E-state index in [4.69, 9.17) is 68.9 Å². The summed E-state index contributed by atoms with van der Waals surface area (Å²) in [4.78, 5) is 206. The van der Waals surface area contributed by atoms with Gasteiger partial charge in [-0.1, -0.05) is 32.8 Å². The van der Waals surface area contributed by atoms with Crippen LogP contribution in [0.2, 0.25) is 0 Å². The van der Waals surface area contributed by atoms with E-state index >= 15 is 0 Å². The third-order valence-electron chi connectivity index (χ3n) is 23.0. The van der Waals surface area contributed by atoms with E-state index in [2.05, 4.69) is 16.0 Å². The molecule has 9 amide bonds. The Hall–Kier alpha value is -13.0. The molecular weight excluding hydrogens is 2030 g/mol. The van der Waals surface area contributed by atoms with Crippen LogP contribution >= 0.6 is 0 Å². The molecular formula is C98H132N6O44S2. The second-order valence-corrected chi connectivity index (χ2v) is 38.5. The number of esters is 3. The predicted octanol–water partition coefficient (Wildman–Crippen LogP) is 0.0958. The van der Waals surface area contributed by atoms with Crippen molar-refractivity contribution in [3.8, 4) is 28.7 Å². The highest BCUT2D eigenvalue weighted by Crippen LogP contribution is 2.35. The van der Waals surface area contributed by atoms with Gasteiger partial charge >= 0.3 is 59.0 Å². The van der Waals surface area contributed by atoms with E-state index in [1.807, 2.05) is 0 Å². The Balaban J connectivity index is 0.000000386. The lowest BCUT2D eigenvalue weighted by Crippen LogP contribution is -2.61. The SMILES string of the molecule is CC(C)(C)C(=O)OCc1ccc(O[C@@H]2O[C@H](C(=O)O)[C@@H](O)[C@H](O)[C@H]2O)cc1OCCCNC(=O)CN1C(=O)C=CC1=O.C[C@H](CC(=O)CCCCCN1C(=O)C=CC1=O)C(=O)NCCCCc1cc(O[C@@H]2O[C@H](C(=O)O)[C@@H](O)[C@H](O)[C@H]2O)ccc1COC(=O)C(C)(C)C.C[C@H](CC(=O)CCCCCN1C(=O)C=CC1=O)C(=O)NCCCOc1cc(O[C@@H]2O[C@H](C(=O)O)[C@@H](O)[C@H](O)[C@H]2O)ccc1COC(=O)C(C)(C)C.O=S=O.O=S=O. The van der Waals surface area contributed by atoms with Gasteiger partial charge in [0.15, 0.2) is 18.3 Å². The number of nitrogens with zero attached hydrogens (tertiary/aromatic N) is 3. The Bertz CT molecular complexity index is 5070. The van der Waals surface area contributed by atoms with Crippen molar-refractivity contribution < 1.29 is 212 Å². The molecule has 0 bridgehead atoms. The quantitative estimate of drug-likeness (QED) is 0.0154. The number of hydrogen-bond donors (Lipinski definition) is 15. The van der Waals surface area contributed by atoms with E-state index in [-0.39, 0.29) is 141 Å². The van der Waals surface area contributed by atoms with Gasteiger partial charge in [-0.2, -0.15) is 16.8 Å². The van der Waals surface area contributed by atoms with Crippen LogP contribution in [-0.4, -0.2) is 338 Å².